The highest BCUT2D eigenvalue weighted by atomic mass is 16.4. The maximum Gasteiger partial charge on any atom is 0.488 e. The summed E-state index contributed by atoms with van der Waals surface area (Å²) >= 11 is 0. The molecule has 2 aromatic rings. The number of amides is 2. The number of nitrogens with one attached hydrogen (secondary N) is 2. The van der Waals surface area contributed by atoms with Crippen molar-refractivity contribution in [1.29, 1.82) is 0 Å². The lowest BCUT2D eigenvalue weighted by Crippen LogP contribution is -2.35. The predicted octanol–water partition coefficient (Wildman–Crippen LogP) is -0.306. The molecule has 2 heterocycles. The number of hydrogen-bond acceptors (Lipinski definition) is 5. The Kier molecular flexibility index (Phi) is 6.16. The van der Waals surface area contributed by atoms with Crippen LogP contribution in [0.4, 0.5) is 0 Å². The zero-order valence-electron chi connectivity index (χ0n) is 16.1. The van der Waals surface area contributed by atoms with Gasteiger partial charge in [-0.25, -0.2) is 0 Å². The Hall–Kier alpha value is -2.65. The second kappa shape index (κ2) is 8.58. The van der Waals surface area contributed by atoms with Crippen molar-refractivity contribution in [3.8, 4) is 0 Å². The molecule has 3 rings (SSSR count). The minimum Gasteiger partial charge on any atom is -0.423 e. The van der Waals surface area contributed by atoms with Gasteiger partial charge in [-0.15, -0.1) is 0 Å². The van der Waals surface area contributed by atoms with E-state index in [2.05, 4.69) is 15.7 Å². The largest absolute Gasteiger partial charge is 0.488 e. The zero-order chi connectivity index (χ0) is 20.3. The Morgan fingerprint density at radius 3 is 2.61 bits per heavy atom. The van der Waals surface area contributed by atoms with Crippen LogP contribution in [0.25, 0.3) is 0 Å². The summed E-state index contributed by atoms with van der Waals surface area (Å²) in [6.45, 7) is 5.05. The van der Waals surface area contributed by atoms with Gasteiger partial charge in [-0.05, 0) is 50.2 Å². The molecule has 0 saturated carbocycles. The molecule has 28 heavy (non-hydrogen) atoms. The van der Waals surface area contributed by atoms with Gasteiger partial charge in [0.2, 0.25) is 0 Å². The van der Waals surface area contributed by atoms with Crippen molar-refractivity contribution >= 4 is 24.4 Å². The molecule has 0 radical (unpaired) electrons. The highest BCUT2D eigenvalue weighted by molar-refractivity contribution is 6.58. The summed E-state index contributed by atoms with van der Waals surface area (Å²) in [7, 11) is -1.55. The summed E-state index contributed by atoms with van der Waals surface area (Å²) < 4.78 is 1.87. The molecular weight excluding hydrogens is 359 g/mol. The van der Waals surface area contributed by atoms with Crippen LogP contribution in [0.2, 0.25) is 0 Å². The molecule has 0 aliphatic carbocycles. The molecule has 0 bridgehead atoms. The second-order valence-corrected chi connectivity index (χ2v) is 7.42. The molecule has 1 aromatic heterocycles. The fourth-order valence-corrected chi connectivity index (χ4v) is 3.35. The SMILES string of the molecule is CC(C)NC(=O)c1cnn2c1CC(CNC(=O)c1ccc(B(O)O)cc1)CC2. The quantitative estimate of drug-likeness (QED) is 0.510. The van der Waals surface area contributed by atoms with Crippen molar-refractivity contribution in [2.24, 2.45) is 5.92 Å². The molecule has 8 nitrogen and oxygen atoms in total. The Morgan fingerprint density at radius 1 is 1.25 bits per heavy atom. The number of benzene rings is 1. The summed E-state index contributed by atoms with van der Waals surface area (Å²) in [5.41, 5.74) is 2.30. The van der Waals surface area contributed by atoms with Gasteiger partial charge in [0.15, 0.2) is 0 Å². The highest BCUT2D eigenvalue weighted by Gasteiger charge is 2.26. The third-order valence-corrected chi connectivity index (χ3v) is 4.87. The average molecular weight is 384 g/mol. The maximum absolute atomic E-state index is 12.4. The lowest BCUT2D eigenvalue weighted by atomic mass is 9.80. The van der Waals surface area contributed by atoms with Crippen LogP contribution in [0.15, 0.2) is 30.5 Å². The van der Waals surface area contributed by atoms with E-state index in [4.69, 9.17) is 10.0 Å². The molecule has 148 valence electrons. The molecule has 1 unspecified atom stereocenters. The molecule has 1 aliphatic heterocycles. The van der Waals surface area contributed by atoms with Crippen LogP contribution in [0.1, 0.15) is 46.7 Å². The van der Waals surface area contributed by atoms with Gasteiger partial charge in [0.1, 0.15) is 0 Å². The molecule has 2 amide bonds. The number of hydrogen-bond donors (Lipinski definition) is 4. The van der Waals surface area contributed by atoms with Crippen LogP contribution in [0, 0.1) is 5.92 Å². The van der Waals surface area contributed by atoms with Crippen LogP contribution in [0.3, 0.4) is 0 Å². The van der Waals surface area contributed by atoms with Gasteiger partial charge in [-0.1, -0.05) is 12.1 Å². The molecular formula is C19H25BN4O4. The molecule has 0 fully saturated rings. The number of nitrogens with zero attached hydrogens (tertiary/aromatic N) is 2. The van der Waals surface area contributed by atoms with Gasteiger partial charge >= 0.3 is 7.12 Å². The number of carbonyl (C=O) groups is 2. The van der Waals surface area contributed by atoms with E-state index in [1.165, 1.54) is 12.1 Å². The Bertz CT molecular complexity index is 848. The number of rotatable bonds is 6. The molecule has 4 N–H and O–H groups in total. The smallest absolute Gasteiger partial charge is 0.423 e. The van der Waals surface area contributed by atoms with Crippen molar-refractivity contribution in [1.82, 2.24) is 20.4 Å². The first-order valence-electron chi connectivity index (χ1n) is 9.45. The van der Waals surface area contributed by atoms with Gasteiger partial charge in [0, 0.05) is 24.7 Å². The predicted molar refractivity (Wildman–Crippen MR) is 105 cm³/mol. The topological polar surface area (TPSA) is 116 Å². The number of aromatic nitrogens is 2. The molecule has 9 heteroatoms. The van der Waals surface area contributed by atoms with Crippen molar-refractivity contribution in [2.75, 3.05) is 6.54 Å². The summed E-state index contributed by atoms with van der Waals surface area (Å²) in [6.07, 6.45) is 3.16. The van der Waals surface area contributed by atoms with E-state index in [0.29, 0.717) is 36.1 Å². The summed E-state index contributed by atoms with van der Waals surface area (Å²) in [5.74, 6) is -0.111. The Labute approximate surface area is 164 Å². The number of fused-ring (bicyclic) bond motifs is 1. The minimum atomic E-state index is -1.55. The van der Waals surface area contributed by atoms with Gasteiger partial charge in [0.25, 0.3) is 11.8 Å². The van der Waals surface area contributed by atoms with E-state index in [9.17, 15) is 9.59 Å². The number of carbonyl (C=O) groups excluding carboxylic acids is 2. The third kappa shape index (κ3) is 4.60. The Morgan fingerprint density at radius 2 is 1.96 bits per heavy atom. The fraction of sp³-hybridized carbons (Fsp3) is 0.421. The normalized spacial score (nSPS) is 15.8. The van der Waals surface area contributed by atoms with Crippen LogP contribution >= 0.6 is 0 Å². The summed E-state index contributed by atoms with van der Waals surface area (Å²) in [6, 6.07) is 6.21. The minimum absolute atomic E-state index is 0.0556. The van der Waals surface area contributed by atoms with E-state index in [-0.39, 0.29) is 23.8 Å². The van der Waals surface area contributed by atoms with Gasteiger partial charge < -0.3 is 20.7 Å². The molecule has 0 saturated heterocycles. The first kappa shape index (κ1) is 20.1. The van der Waals surface area contributed by atoms with Crippen molar-refractivity contribution in [3.63, 3.8) is 0 Å². The maximum atomic E-state index is 12.4. The monoisotopic (exact) mass is 384 g/mol. The van der Waals surface area contributed by atoms with E-state index in [1.807, 2.05) is 18.5 Å². The van der Waals surface area contributed by atoms with Crippen LogP contribution < -0.4 is 16.1 Å². The average Bonchev–Trinajstić information content (AvgIpc) is 3.09. The van der Waals surface area contributed by atoms with Crippen molar-refractivity contribution in [3.05, 3.63) is 47.3 Å². The first-order valence-corrected chi connectivity index (χ1v) is 9.45. The van der Waals surface area contributed by atoms with Crippen molar-refractivity contribution in [2.45, 2.75) is 39.3 Å². The van der Waals surface area contributed by atoms with Gasteiger partial charge in [0.05, 0.1) is 17.5 Å². The molecule has 1 aliphatic rings. The molecule has 1 atom stereocenters. The van der Waals surface area contributed by atoms with E-state index in [1.54, 1.807) is 18.3 Å². The van der Waals surface area contributed by atoms with Gasteiger partial charge in [-0.3, -0.25) is 14.3 Å². The lowest BCUT2D eigenvalue weighted by molar-refractivity contribution is 0.0930. The van der Waals surface area contributed by atoms with Crippen LogP contribution in [-0.4, -0.2) is 51.3 Å². The standard InChI is InChI=1S/C19H25BN4O4/c1-12(2)23-19(26)16-11-22-24-8-7-13(9-17(16)24)10-21-18(25)14-3-5-15(6-4-14)20(27)28/h3-6,11-13,27-28H,7-10H2,1-2H3,(H,21,25)(H,23,26). The van der Waals surface area contributed by atoms with E-state index < -0.39 is 7.12 Å². The second-order valence-electron chi connectivity index (χ2n) is 7.42. The fourth-order valence-electron chi connectivity index (χ4n) is 3.35. The van der Waals surface area contributed by atoms with Gasteiger partial charge in [-0.2, -0.15) is 5.10 Å². The first-order chi connectivity index (χ1) is 13.3. The van der Waals surface area contributed by atoms with Crippen molar-refractivity contribution < 1.29 is 19.6 Å². The highest BCUT2D eigenvalue weighted by Crippen LogP contribution is 2.22. The molecule has 1 aromatic carbocycles. The lowest BCUT2D eigenvalue weighted by Gasteiger charge is -2.24. The number of aryl methyl sites for hydroxylation is 1. The van der Waals surface area contributed by atoms with E-state index in [0.717, 1.165) is 12.1 Å². The molecule has 0 spiro atoms. The Balaban J connectivity index is 1.59. The van der Waals surface area contributed by atoms with E-state index >= 15 is 0 Å². The summed E-state index contributed by atoms with van der Waals surface area (Å²) in [4.78, 5) is 24.7. The van der Waals surface area contributed by atoms with Crippen LogP contribution in [-0.2, 0) is 13.0 Å². The zero-order valence-corrected chi connectivity index (χ0v) is 16.1. The van der Waals surface area contributed by atoms with Crippen LogP contribution in [0.5, 0.6) is 0 Å². The summed E-state index contributed by atoms with van der Waals surface area (Å²) in [5, 5.41) is 28.4. The third-order valence-electron chi connectivity index (χ3n) is 4.87.